The van der Waals surface area contributed by atoms with E-state index in [0.29, 0.717) is 6.07 Å². The van der Waals surface area contributed by atoms with Crippen LogP contribution in [0.3, 0.4) is 0 Å². The Bertz CT molecular complexity index is 749. The molecule has 0 bridgehead atoms. The Morgan fingerprint density at radius 2 is 1.95 bits per heavy atom. The van der Waals surface area contributed by atoms with Crippen LogP contribution in [0.15, 0.2) is 41.4 Å². The van der Waals surface area contributed by atoms with Crippen LogP contribution in [0, 0.1) is 11.6 Å². The number of hydrogen-bond acceptors (Lipinski definition) is 4. The molecule has 1 aromatic carbocycles. The van der Waals surface area contributed by atoms with Crippen LogP contribution >= 0.6 is 0 Å². The van der Waals surface area contributed by atoms with E-state index in [1.165, 1.54) is 25.2 Å². The molecule has 21 heavy (non-hydrogen) atoms. The third-order valence-corrected chi connectivity index (χ3v) is 4.66. The third-order valence-electron chi connectivity index (χ3n) is 2.88. The normalized spacial score (nSPS) is 11.8. The fourth-order valence-corrected chi connectivity index (χ4v) is 2.79. The summed E-state index contributed by atoms with van der Waals surface area (Å²) in [7, 11) is -2.53. The smallest absolute Gasteiger partial charge is 0.244 e. The molecule has 0 aliphatic heterocycles. The summed E-state index contributed by atoms with van der Waals surface area (Å²) in [4.78, 5) is 3.66. The minimum Gasteiger partial charge on any atom is -0.384 e. The van der Waals surface area contributed by atoms with Crippen molar-refractivity contribution in [2.24, 2.45) is 0 Å². The highest BCUT2D eigenvalue weighted by atomic mass is 32.2. The first kappa shape index (κ1) is 15.3. The van der Waals surface area contributed by atoms with Crippen molar-refractivity contribution in [3.63, 3.8) is 0 Å². The molecule has 2 rings (SSSR count). The predicted molar refractivity (Wildman–Crippen MR) is 73.7 cm³/mol. The van der Waals surface area contributed by atoms with Gasteiger partial charge >= 0.3 is 0 Å². The minimum absolute atomic E-state index is 0.0540. The second kappa shape index (κ2) is 5.74. The second-order valence-electron chi connectivity index (χ2n) is 4.42. The number of sulfonamides is 1. The van der Waals surface area contributed by atoms with Crippen LogP contribution in [0.25, 0.3) is 0 Å². The fraction of sp³-hybridized carbons (Fsp3) is 0.154. The van der Waals surface area contributed by atoms with E-state index < -0.39 is 21.7 Å². The molecule has 2 aromatic rings. The zero-order valence-corrected chi connectivity index (χ0v) is 11.9. The second-order valence-corrected chi connectivity index (χ2v) is 6.46. The van der Waals surface area contributed by atoms with Gasteiger partial charge in [0.1, 0.15) is 22.3 Å². The number of nitrogen functional groups attached to an aromatic ring is 1. The number of rotatable bonds is 4. The average molecular weight is 313 g/mol. The first-order chi connectivity index (χ1) is 9.80. The summed E-state index contributed by atoms with van der Waals surface area (Å²) in [6, 6.07) is 5.66. The molecule has 0 aliphatic carbocycles. The molecule has 8 heteroatoms. The van der Waals surface area contributed by atoms with Crippen molar-refractivity contribution >= 4 is 15.8 Å². The SMILES string of the molecule is CN(Cc1ccc(F)cc1F)S(=O)(=O)c1ccc(N)nc1. The topological polar surface area (TPSA) is 76.3 Å². The molecule has 0 fully saturated rings. The molecule has 112 valence electrons. The monoisotopic (exact) mass is 313 g/mol. The number of aromatic nitrogens is 1. The average Bonchev–Trinajstić information content (AvgIpc) is 2.42. The Kier molecular flexibility index (Phi) is 4.19. The number of anilines is 1. The van der Waals surface area contributed by atoms with E-state index in [2.05, 4.69) is 4.98 Å². The van der Waals surface area contributed by atoms with Crippen LogP contribution in [-0.2, 0) is 16.6 Å². The largest absolute Gasteiger partial charge is 0.384 e. The van der Waals surface area contributed by atoms with E-state index in [4.69, 9.17) is 5.73 Å². The zero-order valence-electron chi connectivity index (χ0n) is 11.1. The van der Waals surface area contributed by atoms with E-state index >= 15 is 0 Å². The number of benzene rings is 1. The quantitative estimate of drug-likeness (QED) is 0.933. The standard InChI is InChI=1S/C13H13F2N3O2S/c1-18(8-9-2-3-10(14)6-12(9)15)21(19,20)11-4-5-13(16)17-7-11/h2-7H,8H2,1H3,(H2,16,17). The zero-order chi connectivity index (χ0) is 15.6. The van der Waals surface area contributed by atoms with Gasteiger partial charge in [0.05, 0.1) is 0 Å². The van der Waals surface area contributed by atoms with Crippen molar-refractivity contribution in [3.05, 3.63) is 53.7 Å². The van der Waals surface area contributed by atoms with Gasteiger partial charge in [-0.1, -0.05) is 6.07 Å². The summed E-state index contributed by atoms with van der Waals surface area (Å²) in [5, 5.41) is 0. The maximum Gasteiger partial charge on any atom is 0.244 e. The molecule has 5 nitrogen and oxygen atoms in total. The van der Waals surface area contributed by atoms with E-state index in [0.717, 1.165) is 16.6 Å². The summed E-state index contributed by atoms with van der Waals surface area (Å²) in [5.41, 5.74) is 5.47. The van der Waals surface area contributed by atoms with Crippen LogP contribution in [0.5, 0.6) is 0 Å². The molecule has 2 N–H and O–H groups in total. The van der Waals surface area contributed by atoms with Crippen molar-refractivity contribution in [1.29, 1.82) is 0 Å². The molecule has 0 amide bonds. The van der Waals surface area contributed by atoms with Gasteiger partial charge in [-0.3, -0.25) is 0 Å². The van der Waals surface area contributed by atoms with Crippen molar-refractivity contribution < 1.29 is 17.2 Å². The van der Waals surface area contributed by atoms with Crippen LogP contribution in [-0.4, -0.2) is 24.8 Å². The lowest BCUT2D eigenvalue weighted by atomic mass is 10.2. The summed E-state index contributed by atoms with van der Waals surface area (Å²) >= 11 is 0. The van der Waals surface area contributed by atoms with Crippen LogP contribution < -0.4 is 5.73 Å². The van der Waals surface area contributed by atoms with Gasteiger partial charge < -0.3 is 5.73 Å². The number of halogens is 2. The highest BCUT2D eigenvalue weighted by Crippen LogP contribution is 2.18. The lowest BCUT2D eigenvalue weighted by Gasteiger charge is -2.17. The van der Waals surface area contributed by atoms with Crippen LogP contribution in [0.2, 0.25) is 0 Å². The van der Waals surface area contributed by atoms with Crippen LogP contribution in [0.4, 0.5) is 14.6 Å². The molecule has 1 aromatic heterocycles. The van der Waals surface area contributed by atoms with Crippen LogP contribution in [0.1, 0.15) is 5.56 Å². The lowest BCUT2D eigenvalue weighted by Crippen LogP contribution is -2.27. The Labute approximate surface area is 121 Å². The molecule has 0 aliphatic rings. The Morgan fingerprint density at radius 3 is 2.52 bits per heavy atom. The van der Waals surface area contributed by atoms with Gasteiger partial charge in [0, 0.05) is 31.4 Å². The van der Waals surface area contributed by atoms with Gasteiger partial charge in [-0.25, -0.2) is 22.2 Å². The van der Waals surface area contributed by atoms with Crippen molar-refractivity contribution in [2.75, 3.05) is 12.8 Å². The van der Waals surface area contributed by atoms with Crippen molar-refractivity contribution in [1.82, 2.24) is 9.29 Å². The molecule has 0 saturated carbocycles. The maximum atomic E-state index is 13.6. The molecule has 0 unspecified atom stereocenters. The summed E-state index contributed by atoms with van der Waals surface area (Å²) < 4.78 is 51.9. The summed E-state index contributed by atoms with van der Waals surface area (Å²) in [6.07, 6.45) is 1.13. The fourth-order valence-electron chi connectivity index (χ4n) is 1.70. The first-order valence-corrected chi connectivity index (χ1v) is 7.36. The highest BCUT2D eigenvalue weighted by Gasteiger charge is 2.22. The predicted octanol–water partition coefficient (Wildman–Crippen LogP) is 1.76. The Balaban J connectivity index is 2.26. The van der Waals surface area contributed by atoms with E-state index in [1.807, 2.05) is 0 Å². The molecule has 0 atom stereocenters. The number of nitrogens with two attached hydrogens (primary N) is 1. The van der Waals surface area contributed by atoms with Gasteiger partial charge in [-0.15, -0.1) is 0 Å². The van der Waals surface area contributed by atoms with Gasteiger partial charge in [0.25, 0.3) is 0 Å². The number of nitrogens with zero attached hydrogens (tertiary/aromatic N) is 2. The maximum absolute atomic E-state index is 13.6. The minimum atomic E-state index is -3.83. The van der Waals surface area contributed by atoms with E-state index in [-0.39, 0.29) is 22.8 Å². The molecular formula is C13H13F2N3O2S. The van der Waals surface area contributed by atoms with Gasteiger partial charge in [0.2, 0.25) is 10.0 Å². The molecule has 0 radical (unpaired) electrons. The Hall–Kier alpha value is -2.06. The van der Waals surface area contributed by atoms with Gasteiger partial charge in [-0.2, -0.15) is 4.31 Å². The highest BCUT2D eigenvalue weighted by molar-refractivity contribution is 7.89. The molecular weight excluding hydrogens is 300 g/mol. The van der Waals surface area contributed by atoms with Gasteiger partial charge in [-0.05, 0) is 18.2 Å². The van der Waals surface area contributed by atoms with E-state index in [9.17, 15) is 17.2 Å². The lowest BCUT2D eigenvalue weighted by molar-refractivity contribution is 0.454. The van der Waals surface area contributed by atoms with E-state index in [1.54, 1.807) is 0 Å². The third kappa shape index (κ3) is 3.34. The number of hydrogen-bond donors (Lipinski definition) is 1. The summed E-state index contributed by atoms with van der Waals surface area (Å²) in [6.45, 7) is -0.223. The molecule has 0 spiro atoms. The van der Waals surface area contributed by atoms with Crippen molar-refractivity contribution in [2.45, 2.75) is 11.4 Å². The van der Waals surface area contributed by atoms with Gasteiger partial charge in [0.15, 0.2) is 0 Å². The van der Waals surface area contributed by atoms with Crippen molar-refractivity contribution in [3.8, 4) is 0 Å². The Morgan fingerprint density at radius 1 is 1.24 bits per heavy atom. The molecule has 0 saturated heterocycles. The first-order valence-electron chi connectivity index (χ1n) is 5.92. The molecule has 1 heterocycles. The number of pyridine rings is 1. The summed E-state index contributed by atoms with van der Waals surface area (Å²) in [5.74, 6) is -1.32.